The van der Waals surface area contributed by atoms with E-state index in [1.807, 2.05) is 30.3 Å². The van der Waals surface area contributed by atoms with E-state index in [0.717, 1.165) is 11.1 Å². The quantitative estimate of drug-likeness (QED) is 0.695. The fourth-order valence-electron chi connectivity index (χ4n) is 1.84. The van der Waals surface area contributed by atoms with Crippen LogP contribution in [0.25, 0.3) is 0 Å². The lowest BCUT2D eigenvalue weighted by Gasteiger charge is -2.30. The van der Waals surface area contributed by atoms with Gasteiger partial charge in [0.25, 0.3) is 0 Å². The van der Waals surface area contributed by atoms with Crippen molar-refractivity contribution in [2.75, 3.05) is 0 Å². The van der Waals surface area contributed by atoms with Crippen molar-refractivity contribution in [1.29, 1.82) is 5.26 Å². The van der Waals surface area contributed by atoms with Gasteiger partial charge in [0.1, 0.15) is 6.04 Å². The Bertz CT molecular complexity index is 436. The van der Waals surface area contributed by atoms with Crippen molar-refractivity contribution < 1.29 is 9.90 Å². The zero-order valence-corrected chi connectivity index (χ0v) is 8.05. The summed E-state index contributed by atoms with van der Waals surface area (Å²) in [6.07, 6.45) is -0.546. The minimum Gasteiger partial charge on any atom is -0.465 e. The molecule has 0 saturated carbocycles. The van der Waals surface area contributed by atoms with Gasteiger partial charge in [0, 0.05) is 6.42 Å². The van der Waals surface area contributed by atoms with Gasteiger partial charge >= 0.3 is 6.09 Å². The Morgan fingerprint density at radius 3 is 2.73 bits per heavy atom. The summed E-state index contributed by atoms with van der Waals surface area (Å²) in [6.45, 7) is 0.309. The molecule has 0 aromatic heterocycles. The summed E-state index contributed by atoms with van der Waals surface area (Å²) in [7, 11) is 0. The Labute approximate surface area is 87.4 Å². The number of fused-ring (bicyclic) bond motifs is 1. The number of carbonyl (C=O) groups is 1. The predicted octanol–water partition coefficient (Wildman–Crippen LogP) is 1.61. The molecule has 0 aliphatic carbocycles. The maximum atomic E-state index is 10.9. The molecule has 1 aliphatic heterocycles. The number of rotatable bonds is 0. The normalized spacial score (nSPS) is 19.1. The monoisotopic (exact) mass is 202 g/mol. The third kappa shape index (κ3) is 1.64. The van der Waals surface area contributed by atoms with Gasteiger partial charge in [-0.2, -0.15) is 5.26 Å². The number of hydrogen-bond acceptors (Lipinski definition) is 2. The standard InChI is InChI=1S/C11H10N2O2/c12-6-10-5-8-3-1-2-4-9(8)7-13(10)11(14)15/h1-4,10H,5,7H2,(H,14,15). The SMILES string of the molecule is N#CC1Cc2ccccc2CN1C(=O)O. The van der Waals surface area contributed by atoms with E-state index >= 15 is 0 Å². The maximum Gasteiger partial charge on any atom is 0.408 e. The fourth-order valence-corrected chi connectivity index (χ4v) is 1.84. The number of amides is 1. The molecule has 1 aromatic rings. The van der Waals surface area contributed by atoms with Crippen molar-refractivity contribution in [2.24, 2.45) is 0 Å². The zero-order chi connectivity index (χ0) is 10.8. The van der Waals surface area contributed by atoms with E-state index in [1.54, 1.807) is 0 Å². The van der Waals surface area contributed by atoms with Gasteiger partial charge in [-0.25, -0.2) is 4.79 Å². The summed E-state index contributed by atoms with van der Waals surface area (Å²) < 4.78 is 0. The number of hydrogen-bond donors (Lipinski definition) is 1. The summed E-state index contributed by atoms with van der Waals surface area (Å²) >= 11 is 0. The Morgan fingerprint density at radius 1 is 1.47 bits per heavy atom. The molecular weight excluding hydrogens is 192 g/mol. The number of nitrogens with zero attached hydrogens (tertiary/aromatic N) is 2. The average Bonchev–Trinajstić information content (AvgIpc) is 2.27. The van der Waals surface area contributed by atoms with E-state index in [1.165, 1.54) is 4.90 Å². The zero-order valence-electron chi connectivity index (χ0n) is 8.05. The molecule has 4 nitrogen and oxygen atoms in total. The summed E-state index contributed by atoms with van der Waals surface area (Å²) in [5.41, 5.74) is 2.06. The van der Waals surface area contributed by atoms with E-state index in [2.05, 4.69) is 0 Å². The van der Waals surface area contributed by atoms with Crippen molar-refractivity contribution in [3.63, 3.8) is 0 Å². The highest BCUT2D eigenvalue weighted by Gasteiger charge is 2.28. The highest BCUT2D eigenvalue weighted by molar-refractivity contribution is 5.66. The first-order valence-electron chi connectivity index (χ1n) is 4.68. The van der Waals surface area contributed by atoms with Crippen molar-refractivity contribution >= 4 is 6.09 Å². The van der Waals surface area contributed by atoms with Crippen LogP contribution in [0.3, 0.4) is 0 Å². The summed E-state index contributed by atoms with van der Waals surface area (Å²) in [4.78, 5) is 12.1. The summed E-state index contributed by atoms with van der Waals surface area (Å²) in [6, 6.07) is 9.10. The number of benzene rings is 1. The van der Waals surface area contributed by atoms with Crippen molar-refractivity contribution in [2.45, 2.75) is 19.0 Å². The van der Waals surface area contributed by atoms with Crippen LogP contribution in [0.4, 0.5) is 4.79 Å². The topological polar surface area (TPSA) is 64.3 Å². The first kappa shape index (κ1) is 9.53. The van der Waals surface area contributed by atoms with Crippen LogP contribution in [0.15, 0.2) is 24.3 Å². The average molecular weight is 202 g/mol. The van der Waals surface area contributed by atoms with Gasteiger partial charge in [-0.15, -0.1) is 0 Å². The van der Waals surface area contributed by atoms with Gasteiger partial charge < -0.3 is 5.11 Å². The number of nitriles is 1. The van der Waals surface area contributed by atoms with Crippen molar-refractivity contribution in [3.8, 4) is 6.07 Å². The van der Waals surface area contributed by atoms with Gasteiger partial charge in [-0.3, -0.25) is 4.90 Å². The van der Waals surface area contributed by atoms with Crippen LogP contribution in [0.1, 0.15) is 11.1 Å². The molecule has 4 heteroatoms. The van der Waals surface area contributed by atoms with Crippen LogP contribution in [0.5, 0.6) is 0 Å². The molecule has 1 heterocycles. The molecule has 1 aromatic carbocycles. The molecule has 0 saturated heterocycles. The molecule has 15 heavy (non-hydrogen) atoms. The van der Waals surface area contributed by atoms with Crippen LogP contribution in [0.2, 0.25) is 0 Å². The molecule has 0 bridgehead atoms. The second kappa shape index (κ2) is 3.62. The molecule has 1 amide bonds. The molecule has 0 spiro atoms. The molecule has 1 N–H and O–H groups in total. The van der Waals surface area contributed by atoms with Crippen LogP contribution >= 0.6 is 0 Å². The van der Waals surface area contributed by atoms with Gasteiger partial charge in [0.2, 0.25) is 0 Å². The minimum atomic E-state index is -1.03. The molecule has 76 valence electrons. The van der Waals surface area contributed by atoms with E-state index in [-0.39, 0.29) is 0 Å². The second-order valence-electron chi connectivity index (χ2n) is 3.53. The Balaban J connectivity index is 2.36. The lowest BCUT2D eigenvalue weighted by molar-refractivity contribution is 0.127. The van der Waals surface area contributed by atoms with Crippen LogP contribution in [-0.4, -0.2) is 22.1 Å². The smallest absolute Gasteiger partial charge is 0.408 e. The molecular formula is C11H10N2O2. The maximum absolute atomic E-state index is 10.9. The van der Waals surface area contributed by atoms with Gasteiger partial charge in [0.15, 0.2) is 0 Å². The number of carboxylic acid groups (broad SMARTS) is 1. The molecule has 1 aliphatic rings. The fraction of sp³-hybridized carbons (Fsp3) is 0.273. The van der Waals surface area contributed by atoms with E-state index < -0.39 is 12.1 Å². The van der Waals surface area contributed by atoms with Gasteiger partial charge in [-0.1, -0.05) is 24.3 Å². The van der Waals surface area contributed by atoms with Crippen molar-refractivity contribution in [3.05, 3.63) is 35.4 Å². The predicted molar refractivity (Wildman–Crippen MR) is 53.1 cm³/mol. The highest BCUT2D eigenvalue weighted by atomic mass is 16.4. The molecule has 1 atom stereocenters. The largest absolute Gasteiger partial charge is 0.465 e. The van der Waals surface area contributed by atoms with Crippen LogP contribution in [0, 0.1) is 11.3 Å². The molecule has 1 unspecified atom stereocenters. The van der Waals surface area contributed by atoms with E-state index in [0.29, 0.717) is 13.0 Å². The van der Waals surface area contributed by atoms with Gasteiger partial charge in [0.05, 0.1) is 12.6 Å². The third-order valence-corrected chi connectivity index (χ3v) is 2.64. The Morgan fingerprint density at radius 2 is 2.13 bits per heavy atom. The Kier molecular flexibility index (Phi) is 2.30. The van der Waals surface area contributed by atoms with Crippen LogP contribution in [-0.2, 0) is 13.0 Å². The first-order valence-corrected chi connectivity index (χ1v) is 4.68. The van der Waals surface area contributed by atoms with Crippen molar-refractivity contribution in [1.82, 2.24) is 4.90 Å². The summed E-state index contributed by atoms with van der Waals surface area (Å²) in [5.74, 6) is 0. The summed E-state index contributed by atoms with van der Waals surface area (Å²) in [5, 5.41) is 17.8. The molecule has 0 fully saturated rings. The molecule has 2 rings (SSSR count). The van der Waals surface area contributed by atoms with Gasteiger partial charge in [-0.05, 0) is 11.1 Å². The van der Waals surface area contributed by atoms with Crippen LogP contribution < -0.4 is 0 Å². The highest BCUT2D eigenvalue weighted by Crippen LogP contribution is 2.22. The Hall–Kier alpha value is -2.02. The second-order valence-corrected chi connectivity index (χ2v) is 3.53. The lowest BCUT2D eigenvalue weighted by Crippen LogP contribution is -2.42. The third-order valence-electron chi connectivity index (χ3n) is 2.64. The first-order chi connectivity index (χ1) is 7.22. The minimum absolute atomic E-state index is 0.309. The van der Waals surface area contributed by atoms with E-state index in [4.69, 9.17) is 10.4 Å². The lowest BCUT2D eigenvalue weighted by atomic mass is 9.95. The molecule has 0 radical (unpaired) electrons. The van der Waals surface area contributed by atoms with E-state index in [9.17, 15) is 4.79 Å².